The van der Waals surface area contributed by atoms with Gasteiger partial charge < -0.3 is 9.84 Å². The first-order chi connectivity index (χ1) is 14.4. The standard InChI is InChI=1S/C21H19N3O.C2H6O.C2H6/c1-4-16-5-7-17(8-6-16)13-24-15(3)21(14(2)23-24)18-9-10-20(25)19(11-18)12-22;1-3-2;1-2/h4-11,25H,1,13H2,2-3H3;1-2H3;1-2H3. The van der Waals surface area contributed by atoms with Crippen LogP contribution >= 0.6 is 0 Å². The Morgan fingerprint density at radius 3 is 2.27 bits per heavy atom. The van der Waals surface area contributed by atoms with Crippen LogP contribution in [0.2, 0.25) is 0 Å². The highest BCUT2D eigenvalue weighted by Crippen LogP contribution is 2.30. The van der Waals surface area contributed by atoms with E-state index >= 15 is 0 Å². The molecule has 0 unspecified atom stereocenters. The van der Waals surface area contributed by atoms with Crippen LogP contribution in [0.3, 0.4) is 0 Å². The number of hydrogen-bond donors (Lipinski definition) is 1. The molecule has 0 amide bonds. The molecule has 0 saturated heterocycles. The molecule has 0 fully saturated rings. The van der Waals surface area contributed by atoms with Crippen LogP contribution in [-0.2, 0) is 11.3 Å². The van der Waals surface area contributed by atoms with Crippen molar-refractivity contribution < 1.29 is 9.84 Å². The maximum Gasteiger partial charge on any atom is 0.133 e. The van der Waals surface area contributed by atoms with Gasteiger partial charge in [-0.15, -0.1) is 0 Å². The molecule has 1 heterocycles. The number of benzene rings is 2. The van der Waals surface area contributed by atoms with Gasteiger partial charge >= 0.3 is 0 Å². The summed E-state index contributed by atoms with van der Waals surface area (Å²) in [5.74, 6) is -0.00347. The molecule has 0 aliphatic carbocycles. The van der Waals surface area contributed by atoms with Gasteiger partial charge in [0.05, 0.1) is 17.8 Å². The number of aryl methyl sites for hydroxylation is 1. The number of phenolic OH excluding ortho intramolecular Hbond substituents is 1. The van der Waals surface area contributed by atoms with Crippen LogP contribution in [0.5, 0.6) is 5.75 Å². The van der Waals surface area contributed by atoms with E-state index in [-0.39, 0.29) is 11.3 Å². The Labute approximate surface area is 179 Å². The second kappa shape index (κ2) is 12.3. The van der Waals surface area contributed by atoms with E-state index in [1.165, 1.54) is 0 Å². The Bertz CT molecular complexity index is 996. The average molecular weight is 406 g/mol. The maximum atomic E-state index is 9.71. The summed E-state index contributed by atoms with van der Waals surface area (Å²) in [6.07, 6.45) is 1.82. The van der Waals surface area contributed by atoms with Gasteiger partial charge in [-0.05, 0) is 42.7 Å². The molecule has 0 atom stereocenters. The van der Waals surface area contributed by atoms with Crippen LogP contribution < -0.4 is 0 Å². The van der Waals surface area contributed by atoms with Crippen molar-refractivity contribution in [3.63, 3.8) is 0 Å². The molecular formula is C25H31N3O2. The number of aromatic nitrogens is 2. The fourth-order valence-electron chi connectivity index (χ4n) is 2.98. The monoisotopic (exact) mass is 405 g/mol. The summed E-state index contributed by atoms with van der Waals surface area (Å²) >= 11 is 0. The highest BCUT2D eigenvalue weighted by Gasteiger charge is 2.15. The van der Waals surface area contributed by atoms with E-state index in [0.717, 1.165) is 33.6 Å². The SMILES string of the molecule is C=Cc1ccc(Cn2nc(C)c(-c3ccc(O)c(C#N)c3)c2C)cc1.CC.COC. The predicted octanol–water partition coefficient (Wildman–Crippen LogP) is 5.72. The Morgan fingerprint density at radius 1 is 1.13 bits per heavy atom. The molecule has 0 saturated carbocycles. The third-order valence-electron chi connectivity index (χ3n) is 4.33. The molecule has 5 heteroatoms. The minimum absolute atomic E-state index is 0.00347. The van der Waals surface area contributed by atoms with Gasteiger partial charge in [0, 0.05) is 25.5 Å². The zero-order chi connectivity index (χ0) is 22.7. The van der Waals surface area contributed by atoms with Gasteiger partial charge in [-0.25, -0.2) is 0 Å². The van der Waals surface area contributed by atoms with E-state index in [4.69, 9.17) is 5.26 Å². The Balaban J connectivity index is 0.000000826. The molecule has 158 valence electrons. The summed E-state index contributed by atoms with van der Waals surface area (Å²) in [7, 11) is 3.25. The molecule has 0 aliphatic heterocycles. The smallest absolute Gasteiger partial charge is 0.133 e. The zero-order valence-corrected chi connectivity index (χ0v) is 18.7. The summed E-state index contributed by atoms with van der Waals surface area (Å²) in [6.45, 7) is 12.4. The zero-order valence-electron chi connectivity index (χ0n) is 18.7. The normalized spacial score (nSPS) is 9.50. The van der Waals surface area contributed by atoms with E-state index in [9.17, 15) is 5.11 Å². The Morgan fingerprint density at radius 2 is 1.73 bits per heavy atom. The van der Waals surface area contributed by atoms with Crippen LogP contribution in [0.25, 0.3) is 17.2 Å². The highest BCUT2D eigenvalue weighted by molar-refractivity contribution is 5.71. The van der Waals surface area contributed by atoms with Gasteiger partial charge in [0.1, 0.15) is 11.8 Å². The number of nitriles is 1. The summed E-state index contributed by atoms with van der Waals surface area (Å²) in [5, 5.41) is 23.5. The quantitative estimate of drug-likeness (QED) is 0.602. The van der Waals surface area contributed by atoms with Crippen molar-refractivity contribution in [1.82, 2.24) is 9.78 Å². The molecule has 2 aromatic carbocycles. The van der Waals surface area contributed by atoms with E-state index in [2.05, 4.69) is 28.5 Å². The molecule has 0 bridgehead atoms. The minimum atomic E-state index is -0.00347. The van der Waals surface area contributed by atoms with E-state index in [0.29, 0.717) is 6.54 Å². The first kappa shape index (κ1) is 24.7. The van der Waals surface area contributed by atoms with Gasteiger partial charge in [-0.1, -0.05) is 56.8 Å². The fourth-order valence-corrected chi connectivity index (χ4v) is 2.98. The van der Waals surface area contributed by atoms with Gasteiger partial charge in [0.25, 0.3) is 0 Å². The minimum Gasteiger partial charge on any atom is -0.507 e. The lowest BCUT2D eigenvalue weighted by Gasteiger charge is -2.07. The molecular weight excluding hydrogens is 374 g/mol. The summed E-state index contributed by atoms with van der Waals surface area (Å²) in [6, 6.07) is 15.3. The first-order valence-corrected chi connectivity index (χ1v) is 9.84. The van der Waals surface area contributed by atoms with Crippen molar-refractivity contribution in [2.45, 2.75) is 34.2 Å². The molecule has 30 heavy (non-hydrogen) atoms. The van der Waals surface area contributed by atoms with Crippen LogP contribution in [-0.4, -0.2) is 29.1 Å². The van der Waals surface area contributed by atoms with Gasteiger partial charge in [-0.2, -0.15) is 10.4 Å². The highest BCUT2D eigenvalue weighted by atomic mass is 16.4. The maximum absolute atomic E-state index is 9.71. The lowest BCUT2D eigenvalue weighted by atomic mass is 10.0. The van der Waals surface area contributed by atoms with Crippen molar-refractivity contribution in [1.29, 1.82) is 5.26 Å². The van der Waals surface area contributed by atoms with Crippen LogP contribution in [0.4, 0.5) is 0 Å². The fraction of sp³-hybridized carbons (Fsp3) is 0.280. The van der Waals surface area contributed by atoms with Gasteiger partial charge in [0.15, 0.2) is 0 Å². The van der Waals surface area contributed by atoms with Crippen molar-refractivity contribution in [3.8, 4) is 22.9 Å². The topological polar surface area (TPSA) is 71.1 Å². The summed E-state index contributed by atoms with van der Waals surface area (Å²) in [4.78, 5) is 0. The van der Waals surface area contributed by atoms with Gasteiger partial charge in [-0.3, -0.25) is 4.68 Å². The number of aromatic hydroxyl groups is 1. The number of methoxy groups -OCH3 is 1. The molecule has 3 rings (SSSR count). The van der Waals surface area contributed by atoms with Crippen LogP contribution in [0.1, 0.15) is 41.9 Å². The number of ether oxygens (including phenoxy) is 1. The molecule has 0 radical (unpaired) electrons. The lowest BCUT2D eigenvalue weighted by molar-refractivity contribution is 0.277. The second-order valence-electron chi connectivity index (χ2n) is 6.40. The first-order valence-electron chi connectivity index (χ1n) is 9.84. The van der Waals surface area contributed by atoms with E-state index in [1.54, 1.807) is 26.4 Å². The second-order valence-corrected chi connectivity index (χ2v) is 6.40. The van der Waals surface area contributed by atoms with Crippen molar-refractivity contribution in [3.05, 3.63) is 77.1 Å². The van der Waals surface area contributed by atoms with Crippen LogP contribution in [0, 0.1) is 25.2 Å². The van der Waals surface area contributed by atoms with Crippen molar-refractivity contribution in [2.24, 2.45) is 0 Å². The lowest BCUT2D eigenvalue weighted by Crippen LogP contribution is -2.04. The summed E-state index contributed by atoms with van der Waals surface area (Å²) in [5.41, 5.74) is 6.33. The van der Waals surface area contributed by atoms with Crippen molar-refractivity contribution >= 4 is 6.08 Å². The third-order valence-corrected chi connectivity index (χ3v) is 4.33. The largest absolute Gasteiger partial charge is 0.507 e. The van der Waals surface area contributed by atoms with Crippen molar-refractivity contribution in [2.75, 3.05) is 14.2 Å². The summed E-state index contributed by atoms with van der Waals surface area (Å²) < 4.78 is 6.21. The molecule has 5 nitrogen and oxygen atoms in total. The molecule has 1 N–H and O–H groups in total. The number of phenols is 1. The Hall–Kier alpha value is -3.36. The molecule has 3 aromatic rings. The van der Waals surface area contributed by atoms with Gasteiger partial charge in [0.2, 0.25) is 0 Å². The molecule has 0 aliphatic rings. The predicted molar refractivity (Wildman–Crippen MR) is 123 cm³/mol. The third kappa shape index (κ3) is 6.07. The molecule has 1 aromatic heterocycles. The number of hydrogen-bond acceptors (Lipinski definition) is 4. The Kier molecular flexibility index (Phi) is 10.1. The van der Waals surface area contributed by atoms with E-state index < -0.39 is 0 Å². The van der Waals surface area contributed by atoms with Crippen LogP contribution in [0.15, 0.2) is 49.0 Å². The number of rotatable bonds is 4. The van der Waals surface area contributed by atoms with E-state index in [1.807, 2.05) is 62.7 Å². The number of nitrogens with zero attached hydrogens (tertiary/aromatic N) is 3. The molecule has 0 spiro atoms. The average Bonchev–Trinajstić information content (AvgIpc) is 3.04.